The average Bonchev–Trinajstić information content (AvgIpc) is 2.66. The van der Waals surface area contributed by atoms with E-state index in [1.54, 1.807) is 0 Å². The number of aliphatic hydroxyl groups excluding tert-OH is 1. The maximum atomic E-state index is 12.4. The molecule has 0 aliphatic carbocycles. The van der Waals surface area contributed by atoms with Gasteiger partial charge >= 0.3 is 6.03 Å². The molecule has 6 N–H and O–H groups in total. The summed E-state index contributed by atoms with van der Waals surface area (Å²) >= 11 is 0. The minimum Gasteiger partial charge on any atom is -0.351 e. The van der Waals surface area contributed by atoms with E-state index in [2.05, 4.69) is 16.3 Å². The Hall–Kier alpha value is -0.970. The molecular weight excluding hydrogens is 352 g/mol. The number of hydroxylamine groups is 2. The number of aliphatic hydroxyl groups is 1. The lowest BCUT2D eigenvalue weighted by Gasteiger charge is -2.28. The maximum Gasteiger partial charge on any atom is 0.321 e. The fourth-order valence-electron chi connectivity index (χ4n) is 2.55. The third kappa shape index (κ3) is 15.8. The zero-order valence-electron chi connectivity index (χ0n) is 16.8. The van der Waals surface area contributed by atoms with Crippen LogP contribution in [0.3, 0.4) is 0 Å². The van der Waals surface area contributed by atoms with Crippen molar-refractivity contribution in [2.75, 3.05) is 32.8 Å². The van der Waals surface area contributed by atoms with E-state index in [1.165, 1.54) is 4.90 Å². The Bertz CT molecular complexity index is 337. The minimum absolute atomic E-state index is 0.312. The van der Waals surface area contributed by atoms with Crippen molar-refractivity contribution in [3.05, 3.63) is 0 Å². The van der Waals surface area contributed by atoms with Gasteiger partial charge < -0.3 is 25.6 Å². The SMILES string of the molecule is CCCCOC(O)N(CCCCCCNO)C(=O)NCCCCCCNO. The minimum atomic E-state index is -1.23. The first-order valence-electron chi connectivity index (χ1n) is 10.2. The number of nitrogens with zero attached hydrogens (tertiary/aromatic N) is 1. The second-order valence-corrected chi connectivity index (χ2v) is 6.62. The number of unbranched alkanes of at least 4 members (excludes halogenated alkanes) is 7. The van der Waals surface area contributed by atoms with Crippen molar-refractivity contribution in [2.24, 2.45) is 0 Å². The van der Waals surface area contributed by atoms with Crippen molar-refractivity contribution in [1.29, 1.82) is 0 Å². The molecule has 0 aromatic carbocycles. The van der Waals surface area contributed by atoms with Crippen LogP contribution in [-0.2, 0) is 4.74 Å². The van der Waals surface area contributed by atoms with Gasteiger partial charge in [-0.15, -0.1) is 0 Å². The molecular formula is C18H40N4O5. The summed E-state index contributed by atoms with van der Waals surface area (Å²) in [5, 5.41) is 30.1. The van der Waals surface area contributed by atoms with Gasteiger partial charge in [0.05, 0.1) is 6.61 Å². The first-order chi connectivity index (χ1) is 13.2. The van der Waals surface area contributed by atoms with Crippen LogP contribution in [0.4, 0.5) is 4.79 Å². The monoisotopic (exact) mass is 392 g/mol. The summed E-state index contributed by atoms with van der Waals surface area (Å²) in [6.45, 7) is 4.57. The van der Waals surface area contributed by atoms with Crippen molar-refractivity contribution in [3.8, 4) is 0 Å². The van der Waals surface area contributed by atoms with Crippen LogP contribution in [0.15, 0.2) is 0 Å². The first-order valence-corrected chi connectivity index (χ1v) is 10.2. The third-order valence-corrected chi connectivity index (χ3v) is 4.22. The van der Waals surface area contributed by atoms with Gasteiger partial charge in [0.15, 0.2) is 0 Å². The Morgan fingerprint density at radius 1 is 0.889 bits per heavy atom. The highest BCUT2D eigenvalue weighted by atomic mass is 16.6. The summed E-state index contributed by atoms with van der Waals surface area (Å²) in [6.07, 6.45) is 7.75. The van der Waals surface area contributed by atoms with Crippen LogP contribution in [0.5, 0.6) is 0 Å². The fourth-order valence-corrected chi connectivity index (χ4v) is 2.55. The number of carbonyl (C=O) groups excluding carboxylic acids is 1. The molecule has 162 valence electrons. The highest BCUT2D eigenvalue weighted by Crippen LogP contribution is 2.07. The van der Waals surface area contributed by atoms with Gasteiger partial charge in [0.25, 0.3) is 0 Å². The molecule has 0 heterocycles. The number of hydrogen-bond donors (Lipinski definition) is 6. The van der Waals surface area contributed by atoms with E-state index < -0.39 is 6.41 Å². The van der Waals surface area contributed by atoms with Crippen LogP contribution in [-0.4, -0.2) is 65.7 Å². The second kappa shape index (κ2) is 19.8. The van der Waals surface area contributed by atoms with Crippen LogP contribution < -0.4 is 16.3 Å². The summed E-state index contributed by atoms with van der Waals surface area (Å²) in [7, 11) is 0. The van der Waals surface area contributed by atoms with Crippen molar-refractivity contribution in [3.63, 3.8) is 0 Å². The van der Waals surface area contributed by atoms with E-state index in [4.69, 9.17) is 15.2 Å². The normalized spacial score (nSPS) is 12.1. The number of rotatable bonds is 19. The van der Waals surface area contributed by atoms with Gasteiger partial charge in [0.1, 0.15) is 0 Å². The van der Waals surface area contributed by atoms with Crippen LogP contribution in [0.2, 0.25) is 0 Å². The lowest BCUT2D eigenvalue weighted by Crippen LogP contribution is -2.48. The quantitative estimate of drug-likeness (QED) is 0.113. The Morgan fingerprint density at radius 2 is 1.44 bits per heavy atom. The average molecular weight is 393 g/mol. The Kier molecular flexibility index (Phi) is 19.1. The molecule has 0 aliphatic rings. The lowest BCUT2D eigenvalue weighted by molar-refractivity contribution is -0.175. The van der Waals surface area contributed by atoms with Gasteiger partial charge in [-0.25, -0.2) is 15.8 Å². The summed E-state index contributed by atoms with van der Waals surface area (Å²) < 4.78 is 5.38. The number of ether oxygens (including phenoxy) is 1. The van der Waals surface area contributed by atoms with E-state index in [1.807, 2.05) is 6.92 Å². The Balaban J connectivity index is 4.18. The molecule has 0 saturated carbocycles. The molecule has 1 atom stereocenters. The Morgan fingerprint density at radius 3 is 2.00 bits per heavy atom. The van der Waals surface area contributed by atoms with E-state index >= 15 is 0 Å². The van der Waals surface area contributed by atoms with E-state index in [9.17, 15) is 9.90 Å². The van der Waals surface area contributed by atoms with Crippen molar-refractivity contribution in [2.45, 2.75) is 77.5 Å². The molecule has 0 aromatic heterocycles. The Labute approximate surface area is 163 Å². The maximum absolute atomic E-state index is 12.4. The predicted molar refractivity (Wildman–Crippen MR) is 103 cm³/mol. The van der Waals surface area contributed by atoms with E-state index in [0.717, 1.165) is 64.2 Å². The van der Waals surface area contributed by atoms with Gasteiger partial charge in [-0.1, -0.05) is 39.0 Å². The molecule has 0 radical (unpaired) electrons. The summed E-state index contributed by atoms with van der Waals surface area (Å²) in [6, 6.07) is -0.312. The molecule has 1 unspecified atom stereocenters. The number of urea groups is 1. The van der Waals surface area contributed by atoms with Gasteiger partial charge in [0, 0.05) is 26.2 Å². The topological polar surface area (TPSA) is 126 Å². The van der Waals surface area contributed by atoms with Crippen molar-refractivity contribution >= 4 is 6.03 Å². The summed E-state index contributed by atoms with van der Waals surface area (Å²) in [5.74, 6) is 0. The van der Waals surface area contributed by atoms with Gasteiger partial charge in [-0.3, -0.25) is 4.90 Å². The molecule has 0 aromatic rings. The second-order valence-electron chi connectivity index (χ2n) is 6.62. The molecule has 0 rings (SSSR count). The zero-order valence-corrected chi connectivity index (χ0v) is 16.8. The molecule has 0 saturated heterocycles. The molecule has 9 nitrogen and oxygen atoms in total. The van der Waals surface area contributed by atoms with E-state index in [0.29, 0.717) is 32.8 Å². The molecule has 0 bridgehead atoms. The van der Waals surface area contributed by atoms with Gasteiger partial charge in [0.2, 0.25) is 6.41 Å². The number of amides is 2. The van der Waals surface area contributed by atoms with Gasteiger partial charge in [-0.2, -0.15) is 0 Å². The lowest BCUT2D eigenvalue weighted by atomic mass is 10.2. The molecule has 27 heavy (non-hydrogen) atoms. The standard InChI is InChI=1S/C18H40N4O5/c1-2-3-16-27-18(24)22(15-11-7-6-10-14-21-26)17(23)19-12-8-4-5-9-13-20-25/h18,20-21,24-26H,2-16H2,1H3,(H,19,23). The molecule has 2 amide bonds. The molecule has 0 aliphatic heterocycles. The zero-order chi connectivity index (χ0) is 20.2. The first kappa shape index (κ1) is 26.0. The van der Waals surface area contributed by atoms with Crippen molar-refractivity contribution < 1.29 is 25.1 Å². The molecule has 0 spiro atoms. The van der Waals surface area contributed by atoms with Crippen LogP contribution >= 0.6 is 0 Å². The molecule has 9 heteroatoms. The summed E-state index contributed by atoms with van der Waals surface area (Å²) in [5.41, 5.74) is 4.25. The smallest absolute Gasteiger partial charge is 0.321 e. The number of hydrogen-bond acceptors (Lipinski definition) is 7. The van der Waals surface area contributed by atoms with Crippen molar-refractivity contribution in [1.82, 2.24) is 21.2 Å². The van der Waals surface area contributed by atoms with E-state index in [-0.39, 0.29) is 6.03 Å². The van der Waals surface area contributed by atoms with Gasteiger partial charge in [-0.05, 0) is 32.1 Å². The highest BCUT2D eigenvalue weighted by molar-refractivity contribution is 5.74. The number of nitrogens with one attached hydrogen (secondary N) is 3. The fraction of sp³-hybridized carbons (Fsp3) is 0.944. The van der Waals surface area contributed by atoms with Crippen LogP contribution in [0.1, 0.15) is 71.1 Å². The summed E-state index contributed by atoms with van der Waals surface area (Å²) in [4.78, 5) is 13.8. The number of carbonyl (C=O) groups is 1. The predicted octanol–water partition coefficient (Wildman–Crippen LogP) is 2.17. The van der Waals surface area contributed by atoms with Crippen LogP contribution in [0.25, 0.3) is 0 Å². The molecule has 0 fully saturated rings. The largest absolute Gasteiger partial charge is 0.351 e. The van der Waals surface area contributed by atoms with Crippen LogP contribution in [0, 0.1) is 0 Å². The third-order valence-electron chi connectivity index (χ3n) is 4.22. The highest BCUT2D eigenvalue weighted by Gasteiger charge is 2.21.